The number of hydrogen-bond donors (Lipinski definition) is 1. The van der Waals surface area contributed by atoms with E-state index in [9.17, 15) is 0 Å². The molecule has 2 aliphatic heterocycles. The molecule has 3 nitrogen and oxygen atoms in total. The van der Waals surface area contributed by atoms with Crippen molar-refractivity contribution in [2.75, 3.05) is 26.3 Å². The third-order valence-corrected chi connectivity index (χ3v) is 4.12. The maximum Gasteiger partial charge on any atom is 0.0480 e. The molecule has 0 radical (unpaired) electrons. The molecule has 0 aliphatic carbocycles. The van der Waals surface area contributed by atoms with Crippen molar-refractivity contribution in [3.05, 3.63) is 0 Å². The van der Waals surface area contributed by atoms with Gasteiger partial charge in [-0.15, -0.1) is 0 Å². The van der Waals surface area contributed by atoms with Crippen LogP contribution in [0.2, 0.25) is 0 Å². The molecule has 2 saturated heterocycles. The van der Waals surface area contributed by atoms with Crippen LogP contribution in [0.15, 0.2) is 0 Å². The molecule has 100 valence electrons. The van der Waals surface area contributed by atoms with Crippen LogP contribution in [0.1, 0.15) is 40.0 Å². The molecular formula is C14H28N2O. The van der Waals surface area contributed by atoms with Crippen molar-refractivity contribution in [1.29, 1.82) is 0 Å². The van der Waals surface area contributed by atoms with E-state index in [1.807, 2.05) is 0 Å². The van der Waals surface area contributed by atoms with Crippen molar-refractivity contribution in [2.45, 2.75) is 58.2 Å². The lowest BCUT2D eigenvalue weighted by Crippen LogP contribution is -2.59. The average molecular weight is 240 g/mol. The lowest BCUT2D eigenvalue weighted by Gasteiger charge is -2.45. The van der Waals surface area contributed by atoms with Gasteiger partial charge in [0.05, 0.1) is 0 Å². The predicted molar refractivity (Wildman–Crippen MR) is 71.3 cm³/mol. The van der Waals surface area contributed by atoms with Crippen LogP contribution in [-0.2, 0) is 4.74 Å². The Morgan fingerprint density at radius 2 is 2.00 bits per heavy atom. The first-order valence-corrected chi connectivity index (χ1v) is 7.23. The summed E-state index contributed by atoms with van der Waals surface area (Å²) in [5.74, 6) is 0.789. The maximum atomic E-state index is 5.47. The summed E-state index contributed by atoms with van der Waals surface area (Å²) in [6.45, 7) is 11.3. The van der Waals surface area contributed by atoms with Crippen LogP contribution in [0.25, 0.3) is 0 Å². The van der Waals surface area contributed by atoms with Gasteiger partial charge in [-0.2, -0.15) is 0 Å². The summed E-state index contributed by atoms with van der Waals surface area (Å²) in [4.78, 5) is 2.73. The number of nitrogens with zero attached hydrogens (tertiary/aromatic N) is 1. The summed E-state index contributed by atoms with van der Waals surface area (Å²) >= 11 is 0. The largest absolute Gasteiger partial charge is 0.381 e. The quantitative estimate of drug-likeness (QED) is 0.815. The Morgan fingerprint density at radius 3 is 2.65 bits per heavy atom. The second-order valence-corrected chi connectivity index (χ2v) is 6.12. The molecule has 2 heterocycles. The first-order valence-electron chi connectivity index (χ1n) is 7.23. The molecule has 0 spiro atoms. The van der Waals surface area contributed by atoms with Crippen LogP contribution in [-0.4, -0.2) is 49.3 Å². The van der Waals surface area contributed by atoms with Gasteiger partial charge in [-0.1, -0.05) is 13.8 Å². The molecule has 0 amide bonds. The normalized spacial score (nSPS) is 33.2. The summed E-state index contributed by atoms with van der Waals surface area (Å²) in [6, 6.07) is 2.13. The monoisotopic (exact) mass is 240 g/mol. The third-order valence-electron chi connectivity index (χ3n) is 4.12. The zero-order valence-electron chi connectivity index (χ0n) is 11.6. The molecule has 2 atom stereocenters. The van der Waals surface area contributed by atoms with E-state index in [0.717, 1.165) is 31.7 Å². The zero-order valence-corrected chi connectivity index (χ0v) is 11.6. The van der Waals surface area contributed by atoms with Gasteiger partial charge in [0.1, 0.15) is 0 Å². The smallest absolute Gasteiger partial charge is 0.0480 e. The fraction of sp³-hybridized carbons (Fsp3) is 1.00. The van der Waals surface area contributed by atoms with E-state index in [1.165, 1.54) is 25.8 Å². The Labute approximate surface area is 106 Å². The van der Waals surface area contributed by atoms with Crippen molar-refractivity contribution in [3.8, 4) is 0 Å². The number of ether oxygens (including phenoxy) is 1. The molecule has 2 aliphatic rings. The highest BCUT2D eigenvalue weighted by Gasteiger charge is 2.31. The van der Waals surface area contributed by atoms with Gasteiger partial charge in [0, 0.05) is 44.4 Å². The standard InChI is InChI=1S/C14H28N2O/c1-11(2)8-13-10-16(12(3)9-15-13)14-4-6-17-7-5-14/h11-15H,4-10H2,1-3H3. The van der Waals surface area contributed by atoms with Gasteiger partial charge >= 0.3 is 0 Å². The Balaban J connectivity index is 1.89. The average Bonchev–Trinajstić information content (AvgIpc) is 2.32. The van der Waals surface area contributed by atoms with E-state index in [2.05, 4.69) is 31.0 Å². The Bertz CT molecular complexity index is 226. The zero-order chi connectivity index (χ0) is 12.3. The fourth-order valence-electron chi connectivity index (χ4n) is 3.21. The summed E-state index contributed by atoms with van der Waals surface area (Å²) in [5, 5.41) is 3.70. The molecule has 2 rings (SSSR count). The minimum atomic E-state index is 0.682. The molecular weight excluding hydrogens is 212 g/mol. The van der Waals surface area contributed by atoms with Crippen molar-refractivity contribution in [1.82, 2.24) is 10.2 Å². The Morgan fingerprint density at radius 1 is 1.29 bits per heavy atom. The molecule has 2 unspecified atom stereocenters. The van der Waals surface area contributed by atoms with Crippen LogP contribution in [0.3, 0.4) is 0 Å². The summed E-state index contributed by atoms with van der Waals surface area (Å²) in [6.07, 6.45) is 3.74. The van der Waals surface area contributed by atoms with Crippen molar-refractivity contribution >= 4 is 0 Å². The molecule has 0 saturated carbocycles. The predicted octanol–water partition coefficient (Wildman–Crippen LogP) is 1.87. The topological polar surface area (TPSA) is 24.5 Å². The van der Waals surface area contributed by atoms with E-state index >= 15 is 0 Å². The first kappa shape index (κ1) is 13.3. The van der Waals surface area contributed by atoms with E-state index in [-0.39, 0.29) is 0 Å². The summed E-state index contributed by atoms with van der Waals surface area (Å²) in [5.41, 5.74) is 0. The summed E-state index contributed by atoms with van der Waals surface area (Å²) in [7, 11) is 0. The number of piperazine rings is 1. The molecule has 17 heavy (non-hydrogen) atoms. The van der Waals surface area contributed by atoms with E-state index in [4.69, 9.17) is 4.74 Å². The number of hydrogen-bond acceptors (Lipinski definition) is 3. The lowest BCUT2D eigenvalue weighted by molar-refractivity contribution is 0.00285. The fourth-order valence-corrected chi connectivity index (χ4v) is 3.21. The van der Waals surface area contributed by atoms with E-state index in [1.54, 1.807) is 0 Å². The van der Waals surface area contributed by atoms with E-state index < -0.39 is 0 Å². The summed E-state index contributed by atoms with van der Waals surface area (Å²) < 4.78 is 5.47. The van der Waals surface area contributed by atoms with Gasteiger partial charge in [0.25, 0.3) is 0 Å². The van der Waals surface area contributed by atoms with Gasteiger partial charge in [0.15, 0.2) is 0 Å². The molecule has 0 bridgehead atoms. The van der Waals surface area contributed by atoms with Crippen molar-refractivity contribution < 1.29 is 4.74 Å². The Hall–Kier alpha value is -0.120. The third kappa shape index (κ3) is 3.67. The molecule has 0 aromatic carbocycles. The Kier molecular flexibility index (Phi) is 4.83. The lowest BCUT2D eigenvalue weighted by atomic mass is 9.97. The van der Waals surface area contributed by atoms with Gasteiger partial charge in [0.2, 0.25) is 0 Å². The second kappa shape index (κ2) is 6.17. The molecule has 3 heteroatoms. The molecule has 2 fully saturated rings. The highest BCUT2D eigenvalue weighted by atomic mass is 16.5. The molecule has 0 aromatic rings. The number of nitrogens with one attached hydrogen (secondary N) is 1. The van der Waals surface area contributed by atoms with Gasteiger partial charge in [-0.25, -0.2) is 0 Å². The highest BCUT2D eigenvalue weighted by Crippen LogP contribution is 2.21. The minimum Gasteiger partial charge on any atom is -0.381 e. The molecule has 1 N–H and O–H groups in total. The first-order chi connectivity index (χ1) is 8.16. The van der Waals surface area contributed by atoms with Crippen LogP contribution >= 0.6 is 0 Å². The van der Waals surface area contributed by atoms with Crippen molar-refractivity contribution in [2.24, 2.45) is 5.92 Å². The van der Waals surface area contributed by atoms with Crippen LogP contribution in [0.4, 0.5) is 0 Å². The molecule has 0 aromatic heterocycles. The second-order valence-electron chi connectivity index (χ2n) is 6.12. The van der Waals surface area contributed by atoms with Gasteiger partial charge < -0.3 is 10.1 Å². The van der Waals surface area contributed by atoms with Gasteiger partial charge in [-0.3, -0.25) is 4.90 Å². The van der Waals surface area contributed by atoms with Gasteiger partial charge in [-0.05, 0) is 32.1 Å². The number of rotatable bonds is 3. The van der Waals surface area contributed by atoms with E-state index in [0.29, 0.717) is 12.1 Å². The van der Waals surface area contributed by atoms with Crippen LogP contribution in [0, 0.1) is 5.92 Å². The van der Waals surface area contributed by atoms with Crippen LogP contribution < -0.4 is 5.32 Å². The maximum absolute atomic E-state index is 5.47. The highest BCUT2D eigenvalue weighted by molar-refractivity contribution is 4.89. The minimum absolute atomic E-state index is 0.682. The van der Waals surface area contributed by atoms with Crippen molar-refractivity contribution in [3.63, 3.8) is 0 Å². The van der Waals surface area contributed by atoms with Crippen LogP contribution in [0.5, 0.6) is 0 Å². The SMILES string of the molecule is CC(C)CC1CN(C2CCOCC2)C(C)CN1.